The SMILES string of the molecule is C=C(C)C(=O)OOC(CCCCCCCC)C(OCC)(OCC)OCC. The fourth-order valence-electron chi connectivity index (χ4n) is 2.57. The van der Waals surface area contributed by atoms with Crippen LogP contribution in [-0.4, -0.2) is 37.9 Å². The quantitative estimate of drug-likeness (QED) is 0.118. The Labute approximate surface area is 159 Å². The Bertz CT molecular complexity index is 365. The molecule has 0 heterocycles. The van der Waals surface area contributed by atoms with Crippen LogP contribution in [0.4, 0.5) is 0 Å². The molecule has 6 nitrogen and oxygen atoms in total. The molecule has 0 aromatic carbocycles. The van der Waals surface area contributed by atoms with E-state index in [1.807, 2.05) is 20.8 Å². The van der Waals surface area contributed by atoms with Crippen molar-refractivity contribution in [2.45, 2.75) is 91.6 Å². The van der Waals surface area contributed by atoms with Gasteiger partial charge in [0.15, 0.2) is 6.10 Å². The molecule has 0 spiro atoms. The van der Waals surface area contributed by atoms with Crippen molar-refractivity contribution in [1.82, 2.24) is 0 Å². The third-order valence-electron chi connectivity index (χ3n) is 3.84. The Hall–Kier alpha value is -0.950. The Kier molecular flexibility index (Phi) is 14.6. The molecule has 0 N–H and O–H groups in total. The second-order valence-corrected chi connectivity index (χ2v) is 6.20. The molecular formula is C20H38O6. The minimum atomic E-state index is -1.39. The van der Waals surface area contributed by atoms with E-state index >= 15 is 0 Å². The molecule has 1 unspecified atom stereocenters. The van der Waals surface area contributed by atoms with Gasteiger partial charge in [0.05, 0.1) is 0 Å². The van der Waals surface area contributed by atoms with Crippen molar-refractivity contribution < 1.29 is 28.8 Å². The molecule has 0 aliphatic heterocycles. The van der Waals surface area contributed by atoms with Gasteiger partial charge in [0, 0.05) is 25.4 Å². The Morgan fingerprint density at radius 1 is 0.885 bits per heavy atom. The standard InChI is InChI=1S/C20H38O6/c1-7-11-12-13-14-15-16-18(25-26-19(21)17(5)6)20(22-8-2,23-9-3)24-10-4/h18H,5,7-16H2,1-4,6H3. The first-order chi connectivity index (χ1) is 12.5. The van der Waals surface area contributed by atoms with Gasteiger partial charge in [-0.25, -0.2) is 4.79 Å². The molecule has 0 fully saturated rings. The highest BCUT2D eigenvalue weighted by atomic mass is 17.2. The van der Waals surface area contributed by atoms with Crippen LogP contribution in [0.1, 0.15) is 79.6 Å². The van der Waals surface area contributed by atoms with Gasteiger partial charge in [0.2, 0.25) is 0 Å². The van der Waals surface area contributed by atoms with Gasteiger partial charge in [0.25, 0.3) is 0 Å². The lowest BCUT2D eigenvalue weighted by Gasteiger charge is -2.37. The molecular weight excluding hydrogens is 336 g/mol. The van der Waals surface area contributed by atoms with Crippen LogP contribution in [0.15, 0.2) is 12.2 Å². The molecule has 0 saturated heterocycles. The van der Waals surface area contributed by atoms with Gasteiger partial charge >= 0.3 is 11.9 Å². The Morgan fingerprint density at radius 2 is 1.38 bits per heavy atom. The van der Waals surface area contributed by atoms with E-state index in [0.29, 0.717) is 26.2 Å². The summed E-state index contributed by atoms with van der Waals surface area (Å²) in [6, 6.07) is 0. The number of hydrogen-bond donors (Lipinski definition) is 0. The molecule has 0 bridgehead atoms. The van der Waals surface area contributed by atoms with E-state index in [-0.39, 0.29) is 5.57 Å². The van der Waals surface area contributed by atoms with E-state index in [1.54, 1.807) is 6.92 Å². The maximum Gasteiger partial charge on any atom is 0.368 e. The summed E-state index contributed by atoms with van der Waals surface area (Å²) in [5, 5.41) is 0. The van der Waals surface area contributed by atoms with Crippen molar-refractivity contribution in [3.63, 3.8) is 0 Å². The van der Waals surface area contributed by atoms with Crippen molar-refractivity contribution in [2.75, 3.05) is 19.8 Å². The number of carbonyl (C=O) groups is 1. The highest BCUT2D eigenvalue weighted by Crippen LogP contribution is 2.28. The van der Waals surface area contributed by atoms with Crippen LogP contribution in [-0.2, 0) is 28.8 Å². The molecule has 0 rings (SSSR count). The second-order valence-electron chi connectivity index (χ2n) is 6.20. The average molecular weight is 375 g/mol. The molecule has 0 amide bonds. The summed E-state index contributed by atoms with van der Waals surface area (Å²) in [7, 11) is 0. The van der Waals surface area contributed by atoms with E-state index in [4.69, 9.17) is 24.0 Å². The molecule has 154 valence electrons. The fraction of sp³-hybridized carbons (Fsp3) is 0.850. The lowest BCUT2D eigenvalue weighted by molar-refractivity contribution is -0.454. The summed E-state index contributed by atoms with van der Waals surface area (Å²) in [5.41, 5.74) is 0.262. The summed E-state index contributed by atoms with van der Waals surface area (Å²) >= 11 is 0. The zero-order valence-corrected chi connectivity index (χ0v) is 17.3. The minimum Gasteiger partial charge on any atom is -0.326 e. The Morgan fingerprint density at radius 3 is 1.85 bits per heavy atom. The molecule has 6 heteroatoms. The van der Waals surface area contributed by atoms with Gasteiger partial charge in [0.1, 0.15) is 0 Å². The van der Waals surface area contributed by atoms with E-state index in [9.17, 15) is 4.79 Å². The smallest absolute Gasteiger partial charge is 0.326 e. The normalized spacial score (nSPS) is 12.8. The van der Waals surface area contributed by atoms with Gasteiger partial charge in [-0.15, -0.1) is 0 Å². The van der Waals surface area contributed by atoms with E-state index in [0.717, 1.165) is 19.3 Å². The first kappa shape index (κ1) is 25.1. The van der Waals surface area contributed by atoms with Crippen molar-refractivity contribution in [1.29, 1.82) is 0 Å². The number of ether oxygens (including phenoxy) is 3. The molecule has 1 atom stereocenters. The predicted octanol–water partition coefficient (Wildman–Crippen LogP) is 4.92. The van der Waals surface area contributed by atoms with Crippen molar-refractivity contribution in [3.05, 3.63) is 12.2 Å². The summed E-state index contributed by atoms with van der Waals surface area (Å²) in [6.07, 6.45) is 6.72. The maximum atomic E-state index is 11.7. The minimum absolute atomic E-state index is 0.262. The van der Waals surface area contributed by atoms with Crippen LogP contribution in [0.3, 0.4) is 0 Å². The number of carbonyl (C=O) groups excluding carboxylic acids is 1. The molecule has 0 aromatic heterocycles. The maximum absolute atomic E-state index is 11.7. The van der Waals surface area contributed by atoms with Crippen LogP contribution in [0.5, 0.6) is 0 Å². The topological polar surface area (TPSA) is 63.2 Å². The summed E-state index contributed by atoms with van der Waals surface area (Å²) in [6.45, 7) is 14.0. The number of rotatable bonds is 17. The highest BCUT2D eigenvalue weighted by Gasteiger charge is 2.45. The first-order valence-electron chi connectivity index (χ1n) is 9.92. The Balaban J connectivity index is 5.02. The van der Waals surface area contributed by atoms with Crippen LogP contribution in [0.2, 0.25) is 0 Å². The van der Waals surface area contributed by atoms with E-state index in [1.165, 1.54) is 19.3 Å². The van der Waals surface area contributed by atoms with Crippen LogP contribution < -0.4 is 0 Å². The lowest BCUT2D eigenvalue weighted by Crippen LogP contribution is -2.51. The summed E-state index contributed by atoms with van der Waals surface area (Å²) in [5.74, 6) is -2.01. The fourth-order valence-corrected chi connectivity index (χ4v) is 2.57. The average Bonchev–Trinajstić information content (AvgIpc) is 2.60. The van der Waals surface area contributed by atoms with Gasteiger partial charge in [-0.3, -0.25) is 4.89 Å². The predicted molar refractivity (Wildman–Crippen MR) is 101 cm³/mol. The van der Waals surface area contributed by atoms with E-state index in [2.05, 4.69) is 13.5 Å². The van der Waals surface area contributed by atoms with Gasteiger partial charge in [-0.2, -0.15) is 4.89 Å². The molecule has 0 aromatic rings. The summed E-state index contributed by atoms with van der Waals surface area (Å²) < 4.78 is 17.3. The third kappa shape index (κ3) is 9.67. The van der Waals surface area contributed by atoms with Crippen LogP contribution >= 0.6 is 0 Å². The second kappa shape index (κ2) is 15.1. The number of unbranched alkanes of at least 4 members (excludes halogenated alkanes) is 5. The zero-order valence-electron chi connectivity index (χ0n) is 17.3. The highest BCUT2D eigenvalue weighted by molar-refractivity contribution is 5.86. The van der Waals surface area contributed by atoms with Gasteiger partial charge in [-0.05, 0) is 34.1 Å². The van der Waals surface area contributed by atoms with Crippen molar-refractivity contribution >= 4 is 5.97 Å². The van der Waals surface area contributed by atoms with Crippen molar-refractivity contribution in [2.24, 2.45) is 0 Å². The largest absolute Gasteiger partial charge is 0.368 e. The molecule has 0 radical (unpaired) electrons. The van der Waals surface area contributed by atoms with Gasteiger partial charge in [-0.1, -0.05) is 52.0 Å². The van der Waals surface area contributed by atoms with Crippen LogP contribution in [0, 0.1) is 0 Å². The molecule has 0 aliphatic carbocycles. The first-order valence-corrected chi connectivity index (χ1v) is 9.92. The number of hydrogen-bond acceptors (Lipinski definition) is 6. The van der Waals surface area contributed by atoms with Crippen molar-refractivity contribution in [3.8, 4) is 0 Å². The monoisotopic (exact) mass is 374 g/mol. The third-order valence-corrected chi connectivity index (χ3v) is 3.84. The zero-order chi connectivity index (χ0) is 19.8. The molecule has 0 saturated carbocycles. The van der Waals surface area contributed by atoms with E-state index < -0.39 is 18.0 Å². The molecule has 0 aliphatic rings. The summed E-state index contributed by atoms with van der Waals surface area (Å²) in [4.78, 5) is 22.1. The molecule has 26 heavy (non-hydrogen) atoms. The van der Waals surface area contributed by atoms with Crippen LogP contribution in [0.25, 0.3) is 0 Å². The van der Waals surface area contributed by atoms with Gasteiger partial charge < -0.3 is 14.2 Å². The lowest BCUT2D eigenvalue weighted by atomic mass is 10.1.